The molecule has 0 saturated carbocycles. The number of nitrogens with one attached hydrogen (secondary N) is 1. The van der Waals surface area contributed by atoms with Gasteiger partial charge < -0.3 is 0 Å². The highest BCUT2D eigenvalue weighted by Gasteiger charge is 2.14. The summed E-state index contributed by atoms with van der Waals surface area (Å²) >= 11 is 3.88. The van der Waals surface area contributed by atoms with Crippen LogP contribution in [0.25, 0.3) is 0 Å². The number of thiol groups is 1. The van der Waals surface area contributed by atoms with Crippen LogP contribution in [0, 0.1) is 5.92 Å². The molecule has 0 fully saturated rings. The van der Waals surface area contributed by atoms with E-state index in [1.807, 2.05) is 20.8 Å². The average Bonchev–Trinajstić information content (AvgIpc) is 1.87. The Hall–Kier alpha value is 0.330. The van der Waals surface area contributed by atoms with Crippen LogP contribution in [0.1, 0.15) is 20.8 Å². The minimum absolute atomic E-state index is 0.0949. The maximum atomic E-state index is 11.1. The van der Waals surface area contributed by atoms with Gasteiger partial charge in [-0.3, -0.25) is 4.79 Å². The largest absolute Gasteiger partial charge is 0.298 e. The van der Waals surface area contributed by atoms with Gasteiger partial charge in [-0.2, -0.15) is 0 Å². The number of ketones is 1. The third kappa shape index (κ3) is 3.49. The molecular weight excluding hydrogens is 166 g/mol. The third-order valence-corrected chi connectivity index (χ3v) is 2.00. The Morgan fingerprint density at radius 2 is 2.00 bits per heavy atom. The number of rotatable bonds is 4. The van der Waals surface area contributed by atoms with E-state index in [0.29, 0.717) is 0 Å². The molecule has 1 N–H and O–H groups in total. The van der Waals surface area contributed by atoms with E-state index in [-0.39, 0.29) is 17.7 Å². The second kappa shape index (κ2) is 5.04. The molecule has 0 aromatic carbocycles. The summed E-state index contributed by atoms with van der Waals surface area (Å²) in [5.74, 6) is 0.324. The van der Waals surface area contributed by atoms with Crippen LogP contribution < -0.4 is 4.72 Å². The van der Waals surface area contributed by atoms with Crippen LogP contribution in [-0.4, -0.2) is 11.8 Å². The first-order valence-electron chi connectivity index (χ1n) is 3.19. The van der Waals surface area contributed by atoms with Crippen molar-refractivity contribution in [2.75, 3.05) is 0 Å². The molecular formula is C6H13NOS2. The molecule has 0 unspecified atom stereocenters. The zero-order chi connectivity index (χ0) is 8.15. The lowest BCUT2D eigenvalue weighted by atomic mass is 10.0. The van der Waals surface area contributed by atoms with Gasteiger partial charge in [-0.25, -0.2) is 4.72 Å². The first-order valence-corrected chi connectivity index (χ1v) is 5.06. The van der Waals surface area contributed by atoms with Gasteiger partial charge in [0, 0.05) is 5.92 Å². The predicted octanol–water partition coefficient (Wildman–Crippen LogP) is 1.68. The number of hydrogen-bond acceptors (Lipinski definition) is 4. The zero-order valence-electron chi connectivity index (χ0n) is 6.42. The standard InChI is InChI=1S/C6H13NOS2/c1-4(2)6(8)5(3)7-10-9/h4-5,7,9H,1-3H3/t5-/m0/s1. The lowest BCUT2D eigenvalue weighted by Gasteiger charge is -2.11. The summed E-state index contributed by atoms with van der Waals surface area (Å²) in [5.41, 5.74) is 0. The lowest BCUT2D eigenvalue weighted by Crippen LogP contribution is -2.31. The predicted molar refractivity (Wildman–Crippen MR) is 49.0 cm³/mol. The molecule has 0 aromatic heterocycles. The first-order chi connectivity index (χ1) is 4.59. The summed E-state index contributed by atoms with van der Waals surface area (Å²) in [6.45, 7) is 5.62. The Morgan fingerprint density at radius 3 is 2.30 bits per heavy atom. The van der Waals surface area contributed by atoms with Gasteiger partial charge >= 0.3 is 0 Å². The van der Waals surface area contributed by atoms with E-state index in [2.05, 4.69) is 16.4 Å². The molecule has 4 heteroatoms. The van der Waals surface area contributed by atoms with Gasteiger partial charge in [-0.05, 0) is 17.9 Å². The smallest absolute Gasteiger partial charge is 0.152 e. The Morgan fingerprint density at radius 1 is 1.50 bits per heavy atom. The summed E-state index contributed by atoms with van der Waals surface area (Å²) in [7, 11) is 1.18. The lowest BCUT2D eigenvalue weighted by molar-refractivity contribution is -0.123. The molecule has 60 valence electrons. The molecule has 0 amide bonds. The Bertz CT molecular complexity index is 116. The van der Waals surface area contributed by atoms with E-state index in [4.69, 9.17) is 0 Å². The summed E-state index contributed by atoms with van der Waals surface area (Å²) < 4.78 is 2.86. The SMILES string of the molecule is CC(C)C(=O)[C@H](C)NSS. The van der Waals surface area contributed by atoms with Crippen LogP contribution in [0.5, 0.6) is 0 Å². The van der Waals surface area contributed by atoms with Crippen LogP contribution in [-0.2, 0) is 4.79 Å². The summed E-state index contributed by atoms with van der Waals surface area (Å²) in [6.07, 6.45) is 0. The van der Waals surface area contributed by atoms with Gasteiger partial charge in [-0.1, -0.05) is 25.5 Å². The van der Waals surface area contributed by atoms with Crippen molar-refractivity contribution in [1.82, 2.24) is 4.72 Å². The van der Waals surface area contributed by atoms with Crippen molar-refractivity contribution in [3.05, 3.63) is 0 Å². The highest BCUT2D eigenvalue weighted by atomic mass is 33.1. The quantitative estimate of drug-likeness (QED) is 0.391. The molecule has 0 aliphatic rings. The van der Waals surface area contributed by atoms with Crippen molar-refractivity contribution in [3.8, 4) is 0 Å². The monoisotopic (exact) mass is 179 g/mol. The van der Waals surface area contributed by atoms with E-state index in [9.17, 15) is 4.79 Å². The maximum Gasteiger partial charge on any atom is 0.152 e. The minimum Gasteiger partial charge on any atom is -0.298 e. The van der Waals surface area contributed by atoms with Crippen LogP contribution in [0.15, 0.2) is 0 Å². The zero-order valence-corrected chi connectivity index (χ0v) is 8.13. The Kier molecular flexibility index (Phi) is 5.21. The summed E-state index contributed by atoms with van der Waals surface area (Å²) in [4.78, 5) is 11.1. The van der Waals surface area contributed by atoms with Gasteiger partial charge in [0.05, 0.1) is 6.04 Å². The van der Waals surface area contributed by atoms with E-state index in [0.717, 1.165) is 0 Å². The normalized spacial score (nSPS) is 13.7. The molecule has 0 bridgehead atoms. The molecule has 0 radical (unpaired) electrons. The van der Waals surface area contributed by atoms with Gasteiger partial charge in [0.1, 0.15) is 0 Å². The van der Waals surface area contributed by atoms with Crippen molar-refractivity contribution in [1.29, 1.82) is 0 Å². The molecule has 0 spiro atoms. The molecule has 1 atom stereocenters. The molecule has 2 nitrogen and oxygen atoms in total. The van der Waals surface area contributed by atoms with E-state index >= 15 is 0 Å². The van der Waals surface area contributed by atoms with Gasteiger partial charge in [-0.15, -0.1) is 0 Å². The van der Waals surface area contributed by atoms with Crippen molar-refractivity contribution >= 4 is 28.4 Å². The van der Waals surface area contributed by atoms with Crippen molar-refractivity contribution in [2.45, 2.75) is 26.8 Å². The third-order valence-electron chi connectivity index (χ3n) is 1.23. The summed E-state index contributed by atoms with van der Waals surface area (Å²) in [6, 6.07) is -0.0949. The van der Waals surface area contributed by atoms with Crippen LogP contribution >= 0.6 is 22.6 Å². The fourth-order valence-electron chi connectivity index (χ4n) is 0.637. The highest BCUT2D eigenvalue weighted by molar-refractivity contribution is 8.67. The molecule has 0 aliphatic carbocycles. The van der Waals surface area contributed by atoms with Gasteiger partial charge in [0.25, 0.3) is 0 Å². The fraction of sp³-hybridized carbons (Fsp3) is 0.833. The van der Waals surface area contributed by atoms with Crippen LogP contribution in [0.2, 0.25) is 0 Å². The fourth-order valence-corrected chi connectivity index (χ4v) is 1.39. The molecule has 0 saturated heterocycles. The van der Waals surface area contributed by atoms with E-state index in [1.165, 1.54) is 11.0 Å². The summed E-state index contributed by atoms with van der Waals surface area (Å²) in [5, 5.41) is 0. The molecule has 0 rings (SSSR count). The van der Waals surface area contributed by atoms with Crippen molar-refractivity contribution < 1.29 is 4.79 Å². The highest BCUT2D eigenvalue weighted by Crippen LogP contribution is 2.05. The van der Waals surface area contributed by atoms with E-state index in [1.54, 1.807) is 0 Å². The van der Waals surface area contributed by atoms with Crippen LogP contribution in [0.4, 0.5) is 0 Å². The maximum absolute atomic E-state index is 11.1. The van der Waals surface area contributed by atoms with Crippen LogP contribution in [0.3, 0.4) is 0 Å². The number of carbonyl (C=O) groups excluding carboxylic acids is 1. The molecule has 0 aromatic rings. The molecule has 10 heavy (non-hydrogen) atoms. The van der Waals surface area contributed by atoms with Gasteiger partial charge in [0.15, 0.2) is 5.78 Å². The second-order valence-electron chi connectivity index (χ2n) is 2.49. The first kappa shape index (κ1) is 10.3. The molecule has 0 heterocycles. The molecule has 0 aliphatic heterocycles. The van der Waals surface area contributed by atoms with Crippen molar-refractivity contribution in [3.63, 3.8) is 0 Å². The Balaban J connectivity index is 3.71. The Labute approximate surface area is 71.1 Å². The minimum atomic E-state index is -0.0949. The average molecular weight is 179 g/mol. The van der Waals surface area contributed by atoms with Gasteiger partial charge in [0.2, 0.25) is 0 Å². The topological polar surface area (TPSA) is 29.1 Å². The van der Waals surface area contributed by atoms with Crippen molar-refractivity contribution in [2.24, 2.45) is 5.92 Å². The number of carbonyl (C=O) groups is 1. The second-order valence-corrected chi connectivity index (χ2v) is 3.45. The number of hydrogen-bond donors (Lipinski definition) is 2. The number of Topliss-reactive ketones (excluding diaryl/α,β-unsaturated/α-hetero) is 1. The van der Waals surface area contributed by atoms with E-state index < -0.39 is 0 Å².